The molecule has 1 aromatic carbocycles. The van der Waals surface area contributed by atoms with E-state index in [4.69, 9.17) is 11.6 Å². The van der Waals surface area contributed by atoms with Gasteiger partial charge in [-0.1, -0.05) is 41.9 Å². The van der Waals surface area contributed by atoms with Crippen molar-refractivity contribution in [1.82, 2.24) is 4.98 Å². The lowest BCUT2D eigenvalue weighted by Gasteiger charge is -2.10. The van der Waals surface area contributed by atoms with Gasteiger partial charge in [0.25, 0.3) is 0 Å². The molecule has 2 aromatic rings. The molecule has 17 heavy (non-hydrogen) atoms. The highest BCUT2D eigenvalue weighted by molar-refractivity contribution is 7.99. The van der Waals surface area contributed by atoms with Crippen LogP contribution in [0.2, 0.25) is 5.02 Å². The summed E-state index contributed by atoms with van der Waals surface area (Å²) in [5, 5.41) is 11.4. The smallest absolute Gasteiger partial charge is 0.115 e. The second-order valence-corrected chi connectivity index (χ2v) is 4.94. The fraction of sp³-hybridized carbons (Fsp3) is 0.154. The van der Waals surface area contributed by atoms with Crippen LogP contribution in [-0.4, -0.2) is 15.8 Å². The van der Waals surface area contributed by atoms with Gasteiger partial charge in [0.2, 0.25) is 0 Å². The molecule has 0 aliphatic heterocycles. The fourth-order valence-corrected chi connectivity index (χ4v) is 2.54. The molecule has 0 spiro atoms. The van der Waals surface area contributed by atoms with Gasteiger partial charge in [-0.05, 0) is 17.7 Å². The van der Waals surface area contributed by atoms with Crippen molar-refractivity contribution < 1.29 is 5.11 Å². The standard InChI is InChI=1S/C13H12ClNOS/c14-11-7-4-8-15-13(11)17-9-12(16)10-5-2-1-3-6-10/h1-8,12,16H,9H2. The Bertz CT molecular complexity index is 478. The van der Waals surface area contributed by atoms with Crippen LogP contribution in [0.3, 0.4) is 0 Å². The van der Waals surface area contributed by atoms with Crippen molar-refractivity contribution in [3.63, 3.8) is 0 Å². The molecule has 0 radical (unpaired) electrons. The third-order valence-electron chi connectivity index (χ3n) is 2.29. The molecule has 1 aromatic heterocycles. The van der Waals surface area contributed by atoms with E-state index < -0.39 is 6.10 Å². The van der Waals surface area contributed by atoms with Crippen LogP contribution in [0.1, 0.15) is 11.7 Å². The van der Waals surface area contributed by atoms with Gasteiger partial charge >= 0.3 is 0 Å². The predicted molar refractivity (Wildman–Crippen MR) is 71.4 cm³/mol. The zero-order valence-electron chi connectivity index (χ0n) is 9.08. The van der Waals surface area contributed by atoms with Gasteiger partial charge in [-0.3, -0.25) is 0 Å². The number of aliphatic hydroxyl groups is 1. The molecule has 1 atom stereocenters. The molecule has 0 fully saturated rings. The molecule has 0 saturated carbocycles. The minimum Gasteiger partial charge on any atom is -0.388 e. The summed E-state index contributed by atoms with van der Waals surface area (Å²) in [6, 6.07) is 13.2. The maximum absolute atomic E-state index is 9.98. The molecule has 0 bridgehead atoms. The first kappa shape index (κ1) is 12.4. The summed E-state index contributed by atoms with van der Waals surface area (Å²) < 4.78 is 0. The average molecular weight is 266 g/mol. The molecular formula is C13H12ClNOS. The summed E-state index contributed by atoms with van der Waals surface area (Å²) in [5.74, 6) is 0.542. The number of aromatic nitrogens is 1. The zero-order valence-corrected chi connectivity index (χ0v) is 10.7. The lowest BCUT2D eigenvalue weighted by atomic mass is 10.1. The Balaban J connectivity index is 1.97. The molecule has 0 amide bonds. The molecule has 1 unspecified atom stereocenters. The Labute approximate surface area is 110 Å². The molecule has 0 saturated heterocycles. The lowest BCUT2D eigenvalue weighted by molar-refractivity contribution is 0.204. The third kappa shape index (κ3) is 3.46. The average Bonchev–Trinajstić information content (AvgIpc) is 2.38. The monoisotopic (exact) mass is 265 g/mol. The molecular weight excluding hydrogens is 254 g/mol. The first-order chi connectivity index (χ1) is 8.27. The number of hydrogen-bond acceptors (Lipinski definition) is 3. The van der Waals surface area contributed by atoms with Crippen molar-refractivity contribution in [2.45, 2.75) is 11.1 Å². The topological polar surface area (TPSA) is 33.1 Å². The van der Waals surface area contributed by atoms with Gasteiger partial charge < -0.3 is 5.11 Å². The largest absolute Gasteiger partial charge is 0.388 e. The van der Waals surface area contributed by atoms with Gasteiger partial charge in [-0.15, -0.1) is 11.8 Å². The number of benzene rings is 1. The van der Waals surface area contributed by atoms with Crippen molar-refractivity contribution in [3.8, 4) is 0 Å². The molecule has 0 aliphatic carbocycles. The van der Waals surface area contributed by atoms with Gasteiger partial charge in [0, 0.05) is 11.9 Å². The number of thioether (sulfide) groups is 1. The van der Waals surface area contributed by atoms with E-state index in [1.807, 2.05) is 30.3 Å². The van der Waals surface area contributed by atoms with E-state index in [9.17, 15) is 5.11 Å². The van der Waals surface area contributed by atoms with E-state index in [-0.39, 0.29) is 0 Å². The summed E-state index contributed by atoms with van der Waals surface area (Å²) >= 11 is 7.45. The van der Waals surface area contributed by atoms with E-state index >= 15 is 0 Å². The number of hydrogen-bond donors (Lipinski definition) is 1. The van der Waals surface area contributed by atoms with Crippen LogP contribution in [0, 0.1) is 0 Å². The van der Waals surface area contributed by atoms with Crippen LogP contribution < -0.4 is 0 Å². The Kier molecular flexibility index (Phi) is 4.42. The van der Waals surface area contributed by atoms with Gasteiger partial charge in [0.1, 0.15) is 5.03 Å². The number of pyridine rings is 1. The van der Waals surface area contributed by atoms with E-state index in [0.717, 1.165) is 10.6 Å². The molecule has 1 heterocycles. The van der Waals surface area contributed by atoms with Gasteiger partial charge in [-0.25, -0.2) is 4.98 Å². The van der Waals surface area contributed by atoms with E-state index in [1.165, 1.54) is 11.8 Å². The summed E-state index contributed by atoms with van der Waals surface area (Å²) in [5.41, 5.74) is 0.909. The van der Waals surface area contributed by atoms with Crippen molar-refractivity contribution >= 4 is 23.4 Å². The quantitative estimate of drug-likeness (QED) is 0.858. The van der Waals surface area contributed by atoms with E-state index in [1.54, 1.807) is 18.3 Å². The molecule has 1 N–H and O–H groups in total. The van der Waals surface area contributed by atoms with Crippen molar-refractivity contribution in [2.24, 2.45) is 0 Å². The third-order valence-corrected chi connectivity index (χ3v) is 3.79. The maximum Gasteiger partial charge on any atom is 0.115 e. The number of nitrogens with zero attached hydrogens (tertiary/aromatic N) is 1. The summed E-state index contributed by atoms with van der Waals surface area (Å²) in [6.45, 7) is 0. The SMILES string of the molecule is OC(CSc1ncccc1Cl)c1ccccc1. The van der Waals surface area contributed by atoms with Crippen LogP contribution >= 0.6 is 23.4 Å². The minimum atomic E-state index is -0.501. The lowest BCUT2D eigenvalue weighted by Crippen LogP contribution is -2.00. The first-order valence-electron chi connectivity index (χ1n) is 5.23. The highest BCUT2D eigenvalue weighted by atomic mass is 35.5. The molecule has 4 heteroatoms. The summed E-state index contributed by atoms with van der Waals surface area (Å²) in [7, 11) is 0. The number of aliphatic hydroxyl groups excluding tert-OH is 1. The predicted octanol–water partition coefficient (Wildman–Crippen LogP) is 3.56. The number of halogens is 1. The summed E-state index contributed by atoms with van der Waals surface area (Å²) in [6.07, 6.45) is 1.20. The minimum absolute atomic E-state index is 0.501. The highest BCUT2D eigenvalue weighted by Gasteiger charge is 2.09. The van der Waals surface area contributed by atoms with Crippen molar-refractivity contribution in [1.29, 1.82) is 0 Å². The van der Waals surface area contributed by atoms with Crippen LogP contribution in [0.15, 0.2) is 53.7 Å². The zero-order chi connectivity index (χ0) is 12.1. The molecule has 0 aliphatic rings. The van der Waals surface area contributed by atoms with Crippen LogP contribution in [0.25, 0.3) is 0 Å². The van der Waals surface area contributed by atoms with Crippen LogP contribution in [0.5, 0.6) is 0 Å². The highest BCUT2D eigenvalue weighted by Crippen LogP contribution is 2.28. The molecule has 2 nitrogen and oxygen atoms in total. The van der Waals surface area contributed by atoms with Crippen molar-refractivity contribution in [2.75, 3.05) is 5.75 Å². The molecule has 88 valence electrons. The van der Waals surface area contributed by atoms with Crippen LogP contribution in [-0.2, 0) is 0 Å². The normalized spacial score (nSPS) is 12.4. The Morgan fingerprint density at radius 3 is 2.65 bits per heavy atom. The Hall–Kier alpha value is -1.03. The second kappa shape index (κ2) is 6.05. The first-order valence-corrected chi connectivity index (χ1v) is 6.60. The maximum atomic E-state index is 9.98. The van der Waals surface area contributed by atoms with E-state index in [0.29, 0.717) is 10.8 Å². The second-order valence-electron chi connectivity index (χ2n) is 3.53. The van der Waals surface area contributed by atoms with Crippen LogP contribution in [0.4, 0.5) is 0 Å². The van der Waals surface area contributed by atoms with Crippen molar-refractivity contribution in [3.05, 3.63) is 59.2 Å². The summed E-state index contributed by atoms with van der Waals surface area (Å²) in [4.78, 5) is 4.16. The number of rotatable bonds is 4. The van der Waals surface area contributed by atoms with Gasteiger partial charge in [0.05, 0.1) is 11.1 Å². The fourth-order valence-electron chi connectivity index (χ4n) is 1.41. The van der Waals surface area contributed by atoms with Gasteiger partial charge in [-0.2, -0.15) is 0 Å². The van der Waals surface area contributed by atoms with E-state index in [2.05, 4.69) is 4.98 Å². The molecule has 2 rings (SSSR count). The Morgan fingerprint density at radius 1 is 1.18 bits per heavy atom. The Morgan fingerprint density at radius 2 is 1.94 bits per heavy atom. The van der Waals surface area contributed by atoms with Gasteiger partial charge in [0.15, 0.2) is 0 Å².